The Morgan fingerprint density at radius 1 is 1.38 bits per heavy atom. The number of likely N-dealkylation sites (N-methyl/N-ethyl adjacent to an activating group) is 1. The Labute approximate surface area is 155 Å². The average molecular weight is 355 g/mol. The van der Waals surface area contributed by atoms with E-state index in [1.165, 1.54) is 22.0 Å². The highest BCUT2D eigenvalue weighted by molar-refractivity contribution is 5.89. The lowest BCUT2D eigenvalue weighted by Gasteiger charge is -2.45. The zero-order valence-corrected chi connectivity index (χ0v) is 15.9. The van der Waals surface area contributed by atoms with Crippen molar-refractivity contribution in [1.29, 1.82) is 0 Å². The first-order valence-corrected chi connectivity index (χ1v) is 9.71. The van der Waals surface area contributed by atoms with Crippen LogP contribution in [0.2, 0.25) is 0 Å². The van der Waals surface area contributed by atoms with Gasteiger partial charge in [0.15, 0.2) is 0 Å². The van der Waals surface area contributed by atoms with Crippen molar-refractivity contribution in [1.82, 2.24) is 14.8 Å². The minimum atomic E-state index is -0.138. The van der Waals surface area contributed by atoms with Crippen LogP contribution in [-0.2, 0) is 18.3 Å². The molecule has 140 valence electrons. The van der Waals surface area contributed by atoms with Gasteiger partial charge in [0, 0.05) is 42.7 Å². The quantitative estimate of drug-likeness (QED) is 0.882. The number of aliphatic hydroxyl groups excluding tert-OH is 1. The predicted octanol–water partition coefficient (Wildman–Crippen LogP) is 2.03. The molecule has 0 bridgehead atoms. The molecule has 5 nitrogen and oxygen atoms in total. The summed E-state index contributed by atoms with van der Waals surface area (Å²) in [6.45, 7) is 2.78. The van der Waals surface area contributed by atoms with Crippen molar-refractivity contribution in [3.05, 3.63) is 35.5 Å². The molecule has 26 heavy (non-hydrogen) atoms. The van der Waals surface area contributed by atoms with E-state index < -0.39 is 0 Å². The molecule has 4 atom stereocenters. The van der Waals surface area contributed by atoms with Gasteiger partial charge in [-0.2, -0.15) is 0 Å². The molecule has 1 aromatic carbocycles. The van der Waals surface area contributed by atoms with Gasteiger partial charge in [0.1, 0.15) is 0 Å². The maximum atomic E-state index is 12.8. The molecule has 1 aliphatic heterocycles. The molecule has 3 unspecified atom stereocenters. The molecule has 2 aliphatic rings. The summed E-state index contributed by atoms with van der Waals surface area (Å²) >= 11 is 0. The summed E-state index contributed by atoms with van der Waals surface area (Å²) in [7, 11) is 4.26. The van der Waals surface area contributed by atoms with E-state index in [1.54, 1.807) is 0 Å². The predicted molar refractivity (Wildman–Crippen MR) is 103 cm³/mol. The number of aliphatic hydroxyl groups is 1. The van der Waals surface area contributed by atoms with Gasteiger partial charge in [-0.3, -0.25) is 4.79 Å². The summed E-state index contributed by atoms with van der Waals surface area (Å²) in [5.74, 6) is 0.446. The van der Waals surface area contributed by atoms with Crippen LogP contribution in [0.1, 0.15) is 36.8 Å². The molecule has 1 amide bonds. The van der Waals surface area contributed by atoms with Gasteiger partial charge in [-0.15, -0.1) is 0 Å². The van der Waals surface area contributed by atoms with Gasteiger partial charge in [0.05, 0.1) is 18.6 Å². The Hall–Kier alpha value is -1.85. The summed E-state index contributed by atoms with van der Waals surface area (Å²) in [4.78, 5) is 15.2. The third-order valence-corrected chi connectivity index (χ3v) is 6.46. The minimum Gasteiger partial charge on any atom is -0.394 e. The second kappa shape index (κ2) is 6.71. The summed E-state index contributed by atoms with van der Waals surface area (Å²) in [6, 6.07) is 6.90. The molecule has 1 aliphatic carbocycles. The third-order valence-electron chi connectivity index (χ3n) is 6.46. The molecule has 4 rings (SSSR count). The number of carbonyl (C=O) groups is 1. The molecule has 1 aromatic heterocycles. The fourth-order valence-corrected chi connectivity index (χ4v) is 5.00. The van der Waals surface area contributed by atoms with Crippen molar-refractivity contribution in [2.45, 2.75) is 44.2 Å². The monoisotopic (exact) mass is 355 g/mol. The average Bonchev–Trinajstić information content (AvgIpc) is 2.97. The number of nitrogens with one attached hydrogen (secondary N) is 1. The SMILES string of the molecule is CCC(CO)NC(=O)C1CC2c3cccc4c3c(cn4C)C[C@H]2N(C)C1. The molecule has 1 saturated heterocycles. The summed E-state index contributed by atoms with van der Waals surface area (Å²) < 4.78 is 2.22. The van der Waals surface area contributed by atoms with Crippen molar-refractivity contribution in [3.63, 3.8) is 0 Å². The van der Waals surface area contributed by atoms with Crippen molar-refractivity contribution in [2.75, 3.05) is 20.2 Å². The number of piperidine rings is 1. The number of fused-ring (bicyclic) bond motifs is 2. The number of carbonyl (C=O) groups excluding carboxylic acids is 1. The summed E-state index contributed by atoms with van der Waals surface area (Å²) in [5.41, 5.74) is 4.12. The largest absolute Gasteiger partial charge is 0.394 e. The van der Waals surface area contributed by atoms with E-state index in [0.29, 0.717) is 12.0 Å². The van der Waals surface area contributed by atoms with Gasteiger partial charge in [-0.05, 0) is 43.5 Å². The molecule has 5 heteroatoms. The van der Waals surface area contributed by atoms with E-state index in [2.05, 4.69) is 53.3 Å². The number of nitrogens with zero attached hydrogens (tertiary/aromatic N) is 2. The Morgan fingerprint density at radius 3 is 2.92 bits per heavy atom. The van der Waals surface area contributed by atoms with Crippen molar-refractivity contribution >= 4 is 16.8 Å². The normalized spacial score (nSPS) is 26.5. The zero-order valence-electron chi connectivity index (χ0n) is 15.9. The van der Waals surface area contributed by atoms with Crippen molar-refractivity contribution < 1.29 is 9.90 Å². The van der Waals surface area contributed by atoms with Crippen LogP contribution >= 0.6 is 0 Å². The molecule has 0 spiro atoms. The van der Waals surface area contributed by atoms with E-state index in [-0.39, 0.29) is 24.5 Å². The zero-order chi connectivity index (χ0) is 18.4. The smallest absolute Gasteiger partial charge is 0.224 e. The lowest BCUT2D eigenvalue weighted by atomic mass is 9.72. The maximum absolute atomic E-state index is 12.8. The number of amides is 1. The third kappa shape index (κ3) is 2.74. The van der Waals surface area contributed by atoms with Crippen molar-refractivity contribution in [3.8, 4) is 0 Å². The van der Waals surface area contributed by atoms with Crippen LogP contribution in [0.5, 0.6) is 0 Å². The van der Waals surface area contributed by atoms with Gasteiger partial charge < -0.3 is 19.9 Å². The molecule has 2 aromatic rings. The Bertz CT molecular complexity index is 824. The molecular weight excluding hydrogens is 326 g/mol. The van der Waals surface area contributed by atoms with E-state index in [0.717, 1.165) is 25.8 Å². The number of hydrogen-bond acceptors (Lipinski definition) is 3. The molecule has 1 fully saturated rings. The topological polar surface area (TPSA) is 57.5 Å². The first-order chi connectivity index (χ1) is 12.5. The first kappa shape index (κ1) is 17.6. The van der Waals surface area contributed by atoms with Crippen LogP contribution in [0.15, 0.2) is 24.4 Å². The van der Waals surface area contributed by atoms with Crippen molar-refractivity contribution in [2.24, 2.45) is 13.0 Å². The molecule has 0 radical (unpaired) electrons. The number of benzene rings is 1. The van der Waals surface area contributed by atoms with Crippen LogP contribution in [0, 0.1) is 5.92 Å². The first-order valence-electron chi connectivity index (χ1n) is 9.71. The van der Waals surface area contributed by atoms with E-state index in [9.17, 15) is 9.90 Å². The molecule has 2 N–H and O–H groups in total. The fourth-order valence-electron chi connectivity index (χ4n) is 5.00. The van der Waals surface area contributed by atoms with E-state index >= 15 is 0 Å². The number of aromatic nitrogens is 1. The Morgan fingerprint density at radius 2 is 2.19 bits per heavy atom. The van der Waals surface area contributed by atoms with E-state index in [1.807, 2.05) is 6.92 Å². The second-order valence-corrected chi connectivity index (χ2v) is 8.05. The van der Waals surface area contributed by atoms with Crippen LogP contribution in [0.3, 0.4) is 0 Å². The highest BCUT2D eigenvalue weighted by Crippen LogP contribution is 2.44. The van der Waals surface area contributed by atoms with Crippen LogP contribution in [-0.4, -0.2) is 52.8 Å². The lowest BCUT2D eigenvalue weighted by molar-refractivity contribution is -0.128. The molecule has 0 saturated carbocycles. The summed E-state index contributed by atoms with van der Waals surface area (Å²) in [5, 5.41) is 13.8. The van der Waals surface area contributed by atoms with Crippen LogP contribution in [0.25, 0.3) is 10.9 Å². The maximum Gasteiger partial charge on any atom is 0.224 e. The van der Waals surface area contributed by atoms with Gasteiger partial charge >= 0.3 is 0 Å². The van der Waals surface area contributed by atoms with Crippen LogP contribution in [0.4, 0.5) is 0 Å². The van der Waals surface area contributed by atoms with E-state index in [4.69, 9.17) is 0 Å². The lowest BCUT2D eigenvalue weighted by Crippen LogP contribution is -2.52. The highest BCUT2D eigenvalue weighted by atomic mass is 16.3. The van der Waals surface area contributed by atoms with Gasteiger partial charge in [0.25, 0.3) is 0 Å². The molecular formula is C21H29N3O2. The Kier molecular flexibility index (Phi) is 4.53. The fraction of sp³-hybridized carbons (Fsp3) is 0.571. The highest BCUT2D eigenvalue weighted by Gasteiger charge is 2.41. The molecule has 2 heterocycles. The van der Waals surface area contributed by atoms with Gasteiger partial charge in [-0.1, -0.05) is 19.1 Å². The number of likely N-dealkylation sites (tertiary alicyclic amines) is 1. The van der Waals surface area contributed by atoms with Gasteiger partial charge in [-0.25, -0.2) is 0 Å². The minimum absolute atomic E-state index is 0.00351. The number of aryl methyl sites for hydroxylation is 1. The second-order valence-electron chi connectivity index (χ2n) is 8.05. The summed E-state index contributed by atoms with van der Waals surface area (Å²) in [6.07, 6.45) is 4.96. The Balaban J connectivity index is 1.64. The van der Waals surface area contributed by atoms with Gasteiger partial charge in [0.2, 0.25) is 5.91 Å². The number of hydrogen-bond donors (Lipinski definition) is 2. The number of rotatable bonds is 4. The van der Waals surface area contributed by atoms with Crippen LogP contribution < -0.4 is 5.32 Å². The standard InChI is InChI=1S/C21H29N3O2/c1-4-15(12-25)22-21(26)14-8-17-16-6-5-7-18-20(16)13(10-23(18)2)9-19(17)24(3)11-14/h5-7,10,14-15,17,19,25H,4,8-9,11-12H2,1-3H3,(H,22,26)/t14?,15?,17?,19-/m1/s1.